The molecule has 1 aliphatic heterocycles. The second-order valence-electron chi connectivity index (χ2n) is 5.04. The van der Waals surface area contributed by atoms with Gasteiger partial charge in [-0.05, 0) is 49.4 Å². The Morgan fingerprint density at radius 1 is 1.32 bits per heavy atom. The van der Waals surface area contributed by atoms with Gasteiger partial charge in [0.15, 0.2) is 0 Å². The summed E-state index contributed by atoms with van der Waals surface area (Å²) in [5.74, 6) is 1.25. The van der Waals surface area contributed by atoms with Crippen molar-refractivity contribution in [2.75, 3.05) is 19.7 Å². The Morgan fingerprint density at radius 2 is 1.95 bits per heavy atom. The zero-order chi connectivity index (χ0) is 13.7. The number of rotatable bonds is 4. The smallest absolute Gasteiger partial charge is 0.219 e. The number of ether oxygens (including phenoxy) is 1. The largest absolute Gasteiger partial charge is 0.494 e. The fourth-order valence-electron chi connectivity index (χ4n) is 2.41. The number of piperidine rings is 1. The zero-order valence-corrected chi connectivity index (χ0v) is 11.3. The number of likely N-dealkylation sites (tertiary alicyclic amines) is 1. The molecule has 1 heterocycles. The number of hydrogen-bond donors (Lipinski definition) is 0. The highest BCUT2D eigenvalue weighted by atomic mass is 19.1. The van der Waals surface area contributed by atoms with Gasteiger partial charge in [0.2, 0.25) is 5.91 Å². The number of benzene rings is 1. The fourth-order valence-corrected chi connectivity index (χ4v) is 2.41. The van der Waals surface area contributed by atoms with E-state index in [2.05, 4.69) is 0 Å². The van der Waals surface area contributed by atoms with E-state index in [4.69, 9.17) is 4.74 Å². The average Bonchev–Trinajstić information content (AvgIpc) is 2.41. The Kier molecular flexibility index (Phi) is 4.77. The van der Waals surface area contributed by atoms with Gasteiger partial charge in [-0.2, -0.15) is 0 Å². The molecule has 0 aliphatic carbocycles. The minimum atomic E-state index is -0.246. The first kappa shape index (κ1) is 13.8. The van der Waals surface area contributed by atoms with Crippen molar-refractivity contribution < 1.29 is 13.9 Å². The average molecular weight is 265 g/mol. The molecule has 0 radical (unpaired) electrons. The second kappa shape index (κ2) is 6.55. The van der Waals surface area contributed by atoms with E-state index in [1.807, 2.05) is 4.90 Å². The van der Waals surface area contributed by atoms with E-state index in [0.29, 0.717) is 18.3 Å². The summed E-state index contributed by atoms with van der Waals surface area (Å²) in [7, 11) is 0. The van der Waals surface area contributed by atoms with E-state index in [1.165, 1.54) is 12.1 Å². The van der Waals surface area contributed by atoms with Gasteiger partial charge < -0.3 is 9.64 Å². The molecule has 0 aromatic heterocycles. The third-order valence-corrected chi connectivity index (χ3v) is 3.67. The Balaban J connectivity index is 1.67. The maximum atomic E-state index is 12.7. The van der Waals surface area contributed by atoms with Crippen LogP contribution in [0.1, 0.15) is 26.2 Å². The van der Waals surface area contributed by atoms with Gasteiger partial charge in [0.1, 0.15) is 11.6 Å². The summed E-state index contributed by atoms with van der Waals surface area (Å²) in [5, 5.41) is 0. The van der Waals surface area contributed by atoms with Crippen LogP contribution in [-0.2, 0) is 4.79 Å². The van der Waals surface area contributed by atoms with Crippen molar-refractivity contribution in [3.05, 3.63) is 30.1 Å². The van der Waals surface area contributed by atoms with E-state index >= 15 is 0 Å². The lowest BCUT2D eigenvalue weighted by molar-refractivity contribution is -0.130. The van der Waals surface area contributed by atoms with Gasteiger partial charge in [-0.3, -0.25) is 4.79 Å². The molecule has 0 N–H and O–H groups in total. The molecule has 3 nitrogen and oxygen atoms in total. The SMILES string of the molecule is CC(=O)N1CCC(CCOc2ccc(F)cc2)CC1. The van der Waals surface area contributed by atoms with E-state index in [-0.39, 0.29) is 11.7 Å². The zero-order valence-electron chi connectivity index (χ0n) is 11.3. The molecule has 104 valence electrons. The molecule has 1 aromatic carbocycles. The van der Waals surface area contributed by atoms with Gasteiger partial charge in [0, 0.05) is 20.0 Å². The Hall–Kier alpha value is -1.58. The minimum Gasteiger partial charge on any atom is -0.494 e. The number of nitrogens with zero attached hydrogens (tertiary/aromatic N) is 1. The monoisotopic (exact) mass is 265 g/mol. The Bertz CT molecular complexity index is 411. The quantitative estimate of drug-likeness (QED) is 0.837. The van der Waals surface area contributed by atoms with Crippen LogP contribution in [0.3, 0.4) is 0 Å². The summed E-state index contributed by atoms with van der Waals surface area (Å²) >= 11 is 0. The Morgan fingerprint density at radius 3 is 2.53 bits per heavy atom. The lowest BCUT2D eigenvalue weighted by atomic mass is 9.94. The van der Waals surface area contributed by atoms with E-state index in [9.17, 15) is 9.18 Å². The van der Waals surface area contributed by atoms with Crippen LogP contribution in [0.15, 0.2) is 24.3 Å². The lowest BCUT2D eigenvalue weighted by Crippen LogP contribution is -2.37. The van der Waals surface area contributed by atoms with E-state index < -0.39 is 0 Å². The first-order valence-corrected chi connectivity index (χ1v) is 6.79. The first-order chi connectivity index (χ1) is 9.15. The van der Waals surface area contributed by atoms with Crippen LogP contribution in [0, 0.1) is 11.7 Å². The van der Waals surface area contributed by atoms with Gasteiger partial charge >= 0.3 is 0 Å². The van der Waals surface area contributed by atoms with Crippen LogP contribution in [0.2, 0.25) is 0 Å². The number of amides is 1. The van der Waals surface area contributed by atoms with Crippen LogP contribution >= 0.6 is 0 Å². The Labute approximate surface area is 113 Å². The molecule has 0 bridgehead atoms. The van der Waals surface area contributed by atoms with Crippen molar-refractivity contribution in [3.63, 3.8) is 0 Å². The third-order valence-electron chi connectivity index (χ3n) is 3.67. The number of halogens is 1. The van der Waals surface area contributed by atoms with Crippen LogP contribution in [-0.4, -0.2) is 30.5 Å². The first-order valence-electron chi connectivity index (χ1n) is 6.79. The highest BCUT2D eigenvalue weighted by Crippen LogP contribution is 2.21. The lowest BCUT2D eigenvalue weighted by Gasteiger charge is -2.31. The summed E-state index contributed by atoms with van der Waals surface area (Å²) in [4.78, 5) is 13.1. The minimum absolute atomic E-state index is 0.168. The maximum Gasteiger partial charge on any atom is 0.219 e. The third kappa shape index (κ3) is 4.23. The van der Waals surface area contributed by atoms with Crippen molar-refractivity contribution in [3.8, 4) is 5.75 Å². The second-order valence-corrected chi connectivity index (χ2v) is 5.04. The number of hydrogen-bond acceptors (Lipinski definition) is 2. The molecular weight excluding hydrogens is 245 g/mol. The molecule has 0 saturated carbocycles. The maximum absolute atomic E-state index is 12.7. The highest BCUT2D eigenvalue weighted by molar-refractivity contribution is 5.73. The van der Waals surface area contributed by atoms with Crippen molar-refractivity contribution in [2.45, 2.75) is 26.2 Å². The number of carbonyl (C=O) groups is 1. The van der Waals surface area contributed by atoms with Crippen LogP contribution in [0.4, 0.5) is 4.39 Å². The fraction of sp³-hybridized carbons (Fsp3) is 0.533. The molecule has 1 saturated heterocycles. The molecule has 0 atom stereocenters. The summed E-state index contributed by atoms with van der Waals surface area (Å²) in [6.07, 6.45) is 3.09. The molecule has 0 unspecified atom stereocenters. The summed E-state index contributed by atoms with van der Waals surface area (Å²) < 4.78 is 18.3. The standard InChI is InChI=1S/C15H20FNO2/c1-12(18)17-9-6-13(7-10-17)8-11-19-15-4-2-14(16)3-5-15/h2-5,13H,6-11H2,1H3. The summed E-state index contributed by atoms with van der Waals surface area (Å²) in [5.41, 5.74) is 0. The number of carbonyl (C=O) groups excluding carboxylic acids is 1. The van der Waals surface area contributed by atoms with Crippen LogP contribution < -0.4 is 4.74 Å². The van der Waals surface area contributed by atoms with Crippen LogP contribution in [0.25, 0.3) is 0 Å². The molecular formula is C15H20FNO2. The molecule has 0 spiro atoms. The van der Waals surface area contributed by atoms with Crippen LogP contribution in [0.5, 0.6) is 5.75 Å². The van der Waals surface area contributed by atoms with Crippen molar-refractivity contribution in [1.82, 2.24) is 4.90 Å². The van der Waals surface area contributed by atoms with E-state index in [0.717, 1.165) is 32.4 Å². The molecule has 1 aliphatic rings. The molecule has 19 heavy (non-hydrogen) atoms. The van der Waals surface area contributed by atoms with Gasteiger partial charge in [-0.25, -0.2) is 4.39 Å². The van der Waals surface area contributed by atoms with Crippen molar-refractivity contribution in [2.24, 2.45) is 5.92 Å². The molecule has 1 amide bonds. The summed E-state index contributed by atoms with van der Waals surface area (Å²) in [6, 6.07) is 6.10. The van der Waals surface area contributed by atoms with Gasteiger partial charge in [-0.15, -0.1) is 0 Å². The van der Waals surface area contributed by atoms with Gasteiger partial charge in [-0.1, -0.05) is 0 Å². The predicted molar refractivity (Wildman–Crippen MR) is 71.5 cm³/mol. The molecule has 2 rings (SSSR count). The normalized spacial score (nSPS) is 16.4. The summed E-state index contributed by atoms with van der Waals surface area (Å²) in [6.45, 7) is 3.99. The van der Waals surface area contributed by atoms with E-state index in [1.54, 1.807) is 19.1 Å². The molecule has 1 fully saturated rings. The molecule has 4 heteroatoms. The highest BCUT2D eigenvalue weighted by Gasteiger charge is 2.20. The topological polar surface area (TPSA) is 29.5 Å². The molecule has 1 aromatic rings. The van der Waals surface area contributed by atoms with Gasteiger partial charge in [0.05, 0.1) is 6.61 Å². The van der Waals surface area contributed by atoms with Crippen molar-refractivity contribution in [1.29, 1.82) is 0 Å². The van der Waals surface area contributed by atoms with Gasteiger partial charge in [0.25, 0.3) is 0 Å². The predicted octanol–water partition coefficient (Wildman–Crippen LogP) is 2.85. The van der Waals surface area contributed by atoms with Crippen molar-refractivity contribution >= 4 is 5.91 Å².